The van der Waals surface area contributed by atoms with Crippen LogP contribution < -0.4 is 10.9 Å². The average Bonchev–Trinajstić information content (AvgIpc) is 3.38. The summed E-state index contributed by atoms with van der Waals surface area (Å²) in [6.07, 6.45) is 2.73. The Hall–Kier alpha value is -3.01. The number of carbonyl (C=O) groups is 1. The maximum atomic E-state index is 13.3. The lowest BCUT2D eigenvalue weighted by atomic mass is 10.0. The van der Waals surface area contributed by atoms with E-state index in [4.69, 9.17) is 20.5 Å². The Morgan fingerprint density at radius 1 is 1.31 bits per heavy atom. The van der Waals surface area contributed by atoms with Gasteiger partial charge in [-0.2, -0.15) is 14.9 Å². The monoisotopic (exact) mass is 418 g/mol. The van der Waals surface area contributed by atoms with Crippen LogP contribution in [0.4, 0.5) is 0 Å². The molecule has 0 spiro atoms. The molecule has 4 rings (SSSR count). The fourth-order valence-electron chi connectivity index (χ4n) is 3.05. The number of nitrogens with zero attached hydrogens (tertiary/aromatic N) is 4. The molecule has 2 N–H and O–H groups in total. The molecule has 1 aliphatic heterocycles. The van der Waals surface area contributed by atoms with Crippen LogP contribution in [0.1, 0.15) is 14.5 Å². The average molecular weight is 419 g/mol. The summed E-state index contributed by atoms with van der Waals surface area (Å²) >= 11 is 5.95. The van der Waals surface area contributed by atoms with E-state index in [1.165, 1.54) is 12.4 Å². The molecular weight excluding hydrogens is 398 g/mol. The zero-order chi connectivity index (χ0) is 23.0. The van der Waals surface area contributed by atoms with E-state index < -0.39 is 30.6 Å². The molecule has 1 fully saturated rings. The zero-order valence-electron chi connectivity index (χ0n) is 17.9. The SMILES string of the molecule is [2H]C([2H])([2H])n1cc(-n2ncc(-c3ccc(Cl)cc3)c(C(=O)N[C@@H]3COC[C@H]3O)c2=O)cn1. The van der Waals surface area contributed by atoms with E-state index in [2.05, 4.69) is 15.5 Å². The van der Waals surface area contributed by atoms with E-state index in [9.17, 15) is 14.7 Å². The number of benzene rings is 1. The molecule has 1 aromatic carbocycles. The van der Waals surface area contributed by atoms with Gasteiger partial charge < -0.3 is 15.2 Å². The molecule has 0 bridgehead atoms. The number of aliphatic hydroxyl groups is 1. The summed E-state index contributed by atoms with van der Waals surface area (Å²) in [6.45, 7) is -2.36. The molecule has 9 nitrogen and oxygen atoms in total. The highest BCUT2D eigenvalue weighted by Gasteiger charge is 2.30. The lowest BCUT2D eigenvalue weighted by Gasteiger charge is -2.16. The van der Waals surface area contributed by atoms with Crippen molar-refractivity contribution in [3.8, 4) is 16.8 Å². The minimum absolute atomic E-state index is 0.0733. The molecule has 10 heteroatoms. The second-order valence-electron chi connectivity index (χ2n) is 6.48. The third kappa shape index (κ3) is 3.80. The van der Waals surface area contributed by atoms with Crippen molar-refractivity contribution in [1.29, 1.82) is 0 Å². The van der Waals surface area contributed by atoms with Crippen LogP contribution in [0.2, 0.25) is 5.02 Å². The number of hydrogen-bond acceptors (Lipinski definition) is 6. The van der Waals surface area contributed by atoms with Crippen molar-refractivity contribution < 1.29 is 18.8 Å². The topological polar surface area (TPSA) is 111 Å². The molecular formula is C19H18ClN5O4. The number of aryl methyl sites for hydroxylation is 1. The number of halogens is 1. The lowest BCUT2D eigenvalue weighted by Crippen LogP contribution is -2.45. The molecule has 3 aromatic rings. The Kier molecular flexibility index (Phi) is 4.26. The maximum Gasteiger partial charge on any atom is 0.285 e. The van der Waals surface area contributed by atoms with Crippen LogP contribution in [0.25, 0.3) is 16.8 Å². The second kappa shape index (κ2) is 7.78. The summed E-state index contributed by atoms with van der Waals surface area (Å²) in [5, 5.41) is 20.9. The number of rotatable bonds is 4. The van der Waals surface area contributed by atoms with Crippen LogP contribution >= 0.6 is 11.6 Å². The summed E-state index contributed by atoms with van der Waals surface area (Å²) in [4.78, 5) is 26.4. The van der Waals surface area contributed by atoms with Crippen LogP contribution in [-0.2, 0) is 11.7 Å². The van der Waals surface area contributed by atoms with Crippen molar-refractivity contribution >= 4 is 17.5 Å². The lowest BCUT2D eigenvalue weighted by molar-refractivity contribution is 0.0885. The van der Waals surface area contributed by atoms with Crippen LogP contribution in [0.5, 0.6) is 0 Å². The van der Waals surface area contributed by atoms with Crippen molar-refractivity contribution in [2.45, 2.75) is 12.1 Å². The third-order valence-corrected chi connectivity index (χ3v) is 4.79. The van der Waals surface area contributed by atoms with E-state index in [0.717, 1.165) is 15.6 Å². The fourth-order valence-corrected chi connectivity index (χ4v) is 3.18. The van der Waals surface area contributed by atoms with Gasteiger partial charge in [0.15, 0.2) is 0 Å². The number of nitrogens with one attached hydrogen (secondary N) is 1. The predicted octanol–water partition coefficient (Wildman–Crippen LogP) is 0.776. The number of carbonyl (C=O) groups excluding carboxylic acids is 1. The molecule has 1 aliphatic rings. The number of aromatic nitrogens is 4. The van der Waals surface area contributed by atoms with Gasteiger partial charge in [-0.1, -0.05) is 23.7 Å². The second-order valence-corrected chi connectivity index (χ2v) is 6.92. The van der Waals surface area contributed by atoms with Crippen molar-refractivity contribution in [2.75, 3.05) is 13.2 Å². The standard InChI is InChI=1S/C19H18ClN5O4/c1-24-8-13(6-21-24)25-19(28)17(18(27)23-15-9-29-10-16(15)26)14(7-22-25)11-2-4-12(20)5-3-11/h2-8,15-16,26H,9-10H2,1H3,(H,23,27)/t15-,16-/m1/s1/i1D3. The van der Waals surface area contributed by atoms with Gasteiger partial charge in [0.05, 0.1) is 44.0 Å². The Labute approximate surface area is 174 Å². The molecule has 1 saturated heterocycles. The van der Waals surface area contributed by atoms with Gasteiger partial charge in [0.1, 0.15) is 11.3 Å². The van der Waals surface area contributed by atoms with Crippen molar-refractivity contribution in [1.82, 2.24) is 24.9 Å². The van der Waals surface area contributed by atoms with Gasteiger partial charge >= 0.3 is 0 Å². The number of hydrogen-bond donors (Lipinski definition) is 2. The molecule has 0 aliphatic carbocycles. The van der Waals surface area contributed by atoms with E-state index >= 15 is 0 Å². The minimum Gasteiger partial charge on any atom is -0.388 e. The fraction of sp³-hybridized carbons (Fsp3) is 0.263. The largest absolute Gasteiger partial charge is 0.388 e. The van der Waals surface area contributed by atoms with Gasteiger partial charge in [-0.15, -0.1) is 0 Å². The van der Waals surface area contributed by atoms with Crippen molar-refractivity contribution in [3.05, 3.63) is 63.8 Å². The van der Waals surface area contributed by atoms with Gasteiger partial charge in [0.25, 0.3) is 11.5 Å². The zero-order valence-corrected chi connectivity index (χ0v) is 15.7. The first-order chi connectivity index (χ1) is 15.1. The molecule has 3 heterocycles. The van der Waals surface area contributed by atoms with Gasteiger partial charge in [0, 0.05) is 21.7 Å². The van der Waals surface area contributed by atoms with Crippen LogP contribution in [0, 0.1) is 0 Å². The summed E-state index contributed by atoms with van der Waals surface area (Å²) in [6, 6.07) is 5.82. The highest BCUT2D eigenvalue weighted by Crippen LogP contribution is 2.23. The minimum atomic E-state index is -2.54. The summed E-state index contributed by atoms with van der Waals surface area (Å²) in [5.74, 6) is -0.728. The Bertz CT molecular complexity index is 1210. The maximum absolute atomic E-state index is 13.3. The highest BCUT2D eigenvalue weighted by atomic mass is 35.5. The number of aliphatic hydroxyl groups excluding tert-OH is 1. The molecule has 0 unspecified atom stereocenters. The van der Waals surface area contributed by atoms with Gasteiger partial charge in [-0.25, -0.2) is 0 Å². The molecule has 150 valence electrons. The van der Waals surface area contributed by atoms with E-state index in [0.29, 0.717) is 10.6 Å². The van der Waals surface area contributed by atoms with Gasteiger partial charge in [-0.3, -0.25) is 14.3 Å². The molecule has 1 amide bonds. The predicted molar refractivity (Wildman–Crippen MR) is 105 cm³/mol. The van der Waals surface area contributed by atoms with Crippen LogP contribution in [0.3, 0.4) is 0 Å². The summed E-state index contributed by atoms with van der Waals surface area (Å²) in [5.41, 5.74) is -0.168. The Morgan fingerprint density at radius 3 is 2.76 bits per heavy atom. The Balaban J connectivity index is 1.82. The summed E-state index contributed by atoms with van der Waals surface area (Å²) < 4.78 is 29.1. The Morgan fingerprint density at radius 2 is 2.10 bits per heavy atom. The first-order valence-electron chi connectivity index (χ1n) is 10.2. The van der Waals surface area contributed by atoms with Gasteiger partial charge in [0.2, 0.25) is 0 Å². The number of amides is 1. The number of ether oxygens (including phenoxy) is 1. The summed E-state index contributed by atoms with van der Waals surface area (Å²) in [7, 11) is 0. The van der Waals surface area contributed by atoms with Crippen LogP contribution in [0.15, 0.2) is 47.7 Å². The van der Waals surface area contributed by atoms with E-state index in [-0.39, 0.29) is 30.0 Å². The van der Waals surface area contributed by atoms with Crippen molar-refractivity contribution in [3.63, 3.8) is 0 Å². The quantitative estimate of drug-likeness (QED) is 0.647. The van der Waals surface area contributed by atoms with Crippen molar-refractivity contribution in [2.24, 2.45) is 6.98 Å². The van der Waals surface area contributed by atoms with E-state index in [1.54, 1.807) is 24.3 Å². The first-order valence-corrected chi connectivity index (χ1v) is 9.03. The van der Waals surface area contributed by atoms with Gasteiger partial charge in [-0.05, 0) is 17.7 Å². The van der Waals surface area contributed by atoms with Crippen LogP contribution in [-0.4, -0.2) is 55.9 Å². The molecule has 0 radical (unpaired) electrons. The third-order valence-electron chi connectivity index (χ3n) is 4.54. The molecule has 29 heavy (non-hydrogen) atoms. The molecule has 2 atom stereocenters. The molecule has 0 saturated carbocycles. The molecule has 2 aromatic heterocycles. The normalized spacial score (nSPS) is 20.7. The highest BCUT2D eigenvalue weighted by molar-refractivity contribution is 6.30. The van der Waals surface area contributed by atoms with E-state index in [1.807, 2.05) is 0 Å². The smallest absolute Gasteiger partial charge is 0.285 e. The first kappa shape index (κ1) is 15.9.